The number of nitrogens with zero attached hydrogens (tertiary/aromatic N) is 1. The molecule has 1 aromatic carbocycles. The van der Waals surface area contributed by atoms with E-state index in [2.05, 4.69) is 10.6 Å². The summed E-state index contributed by atoms with van der Waals surface area (Å²) < 4.78 is 4.27. The zero-order valence-corrected chi connectivity index (χ0v) is 15.5. The third-order valence-electron chi connectivity index (χ3n) is 4.66. The van der Waals surface area contributed by atoms with Crippen LogP contribution in [0, 0.1) is 5.41 Å². The van der Waals surface area contributed by atoms with Crippen molar-refractivity contribution in [1.82, 2.24) is 4.90 Å². The van der Waals surface area contributed by atoms with Gasteiger partial charge in [-0.05, 0) is 37.6 Å². The van der Waals surface area contributed by atoms with Gasteiger partial charge in [0.15, 0.2) is 0 Å². The second-order valence-electron chi connectivity index (χ2n) is 6.68. The molecule has 0 spiro atoms. The molecule has 2 fully saturated rings. The first-order valence-corrected chi connectivity index (χ1v) is 8.95. The van der Waals surface area contributed by atoms with Crippen molar-refractivity contribution in [3.8, 4) is 0 Å². The van der Waals surface area contributed by atoms with Crippen molar-refractivity contribution in [2.45, 2.75) is 17.7 Å². The van der Waals surface area contributed by atoms with E-state index in [0.717, 1.165) is 13.1 Å². The molecular weight excluding hydrogens is 365 g/mol. The normalized spacial score (nSPS) is 25.2. The molecule has 1 atom stereocenters. The minimum absolute atomic E-state index is 0.0711. The Morgan fingerprint density at radius 2 is 1.64 bits per heavy atom. The number of hydrogen-bond acceptors (Lipinski definition) is 4. The van der Waals surface area contributed by atoms with Crippen LogP contribution in [-0.4, -0.2) is 53.9 Å². The first kappa shape index (κ1) is 18.5. The van der Waals surface area contributed by atoms with Crippen molar-refractivity contribution in [3.63, 3.8) is 0 Å². The minimum atomic E-state index is -0.996. The number of amides is 2. The molecule has 1 saturated heterocycles. The molecule has 1 saturated carbocycles. The molecule has 1 aliphatic heterocycles. The van der Waals surface area contributed by atoms with Crippen LogP contribution in [0.5, 0.6) is 0 Å². The predicted octanol–water partition coefficient (Wildman–Crippen LogP) is 2.48. The number of nitrogens with one attached hydrogen (secondary N) is 2. The maximum Gasteiger partial charge on any atom is 0.238 e. The number of hydrogen-bond donors (Lipinski definition) is 2. The predicted molar refractivity (Wildman–Crippen MR) is 98.1 cm³/mol. The average molecular weight is 386 g/mol. The van der Waals surface area contributed by atoms with E-state index in [0.29, 0.717) is 37.6 Å². The molecule has 0 bridgehead atoms. The number of rotatable bonds is 5. The Morgan fingerprint density at radius 3 is 2.16 bits per heavy atom. The van der Waals surface area contributed by atoms with E-state index in [1.54, 1.807) is 31.2 Å². The zero-order chi connectivity index (χ0) is 18.1. The lowest BCUT2D eigenvalue weighted by Gasteiger charge is -2.25. The zero-order valence-electron chi connectivity index (χ0n) is 14.0. The van der Waals surface area contributed by atoms with Gasteiger partial charge in [-0.1, -0.05) is 0 Å². The molecule has 1 heterocycles. The standard InChI is InChI=1S/C17H21Cl2N3O3/c1-16(11-17(16,18)19)15(24)21-13-4-2-12(3-5-13)20-14(23)10-22-6-8-25-9-7-22/h2-5H,6-11H2,1H3,(H,20,23)(H,21,24). The quantitative estimate of drug-likeness (QED) is 0.763. The molecule has 2 aliphatic rings. The fourth-order valence-corrected chi connectivity index (χ4v) is 3.42. The fraction of sp³-hybridized carbons (Fsp3) is 0.529. The lowest BCUT2D eigenvalue weighted by atomic mass is 10.1. The van der Waals surface area contributed by atoms with E-state index < -0.39 is 9.75 Å². The monoisotopic (exact) mass is 385 g/mol. The number of benzene rings is 1. The van der Waals surface area contributed by atoms with E-state index in [9.17, 15) is 9.59 Å². The smallest absolute Gasteiger partial charge is 0.238 e. The molecule has 1 aliphatic carbocycles. The molecule has 3 rings (SSSR count). The highest BCUT2D eigenvalue weighted by Crippen LogP contribution is 2.64. The van der Waals surface area contributed by atoms with Crippen LogP contribution >= 0.6 is 23.2 Å². The first-order valence-electron chi connectivity index (χ1n) is 8.19. The summed E-state index contributed by atoms with van der Waals surface area (Å²) in [6.45, 7) is 4.93. The van der Waals surface area contributed by atoms with Gasteiger partial charge in [0.25, 0.3) is 0 Å². The number of carbonyl (C=O) groups excluding carboxylic acids is 2. The Balaban J connectivity index is 1.50. The molecule has 6 nitrogen and oxygen atoms in total. The molecule has 1 unspecified atom stereocenters. The number of anilines is 2. The van der Waals surface area contributed by atoms with Gasteiger partial charge < -0.3 is 15.4 Å². The lowest BCUT2D eigenvalue weighted by Crippen LogP contribution is -2.41. The third kappa shape index (κ3) is 4.26. The van der Waals surface area contributed by atoms with Gasteiger partial charge in [0.05, 0.1) is 25.2 Å². The highest BCUT2D eigenvalue weighted by atomic mass is 35.5. The Kier molecular flexibility index (Phi) is 5.25. The number of carbonyl (C=O) groups is 2. The van der Waals surface area contributed by atoms with Gasteiger partial charge in [-0.15, -0.1) is 23.2 Å². The highest BCUT2D eigenvalue weighted by Gasteiger charge is 2.67. The minimum Gasteiger partial charge on any atom is -0.379 e. The summed E-state index contributed by atoms with van der Waals surface area (Å²) in [5.74, 6) is -0.278. The molecule has 0 radical (unpaired) electrons. The summed E-state index contributed by atoms with van der Waals surface area (Å²) in [5.41, 5.74) is 0.549. The van der Waals surface area contributed by atoms with Crippen LogP contribution in [0.3, 0.4) is 0 Å². The first-order chi connectivity index (χ1) is 11.8. The van der Waals surface area contributed by atoms with Crippen LogP contribution < -0.4 is 10.6 Å². The maximum atomic E-state index is 12.2. The van der Waals surface area contributed by atoms with Crippen molar-refractivity contribution in [1.29, 1.82) is 0 Å². The van der Waals surface area contributed by atoms with Crippen LogP contribution in [0.1, 0.15) is 13.3 Å². The van der Waals surface area contributed by atoms with Crippen LogP contribution in [0.15, 0.2) is 24.3 Å². The Labute approximate surface area is 156 Å². The average Bonchev–Trinajstić information content (AvgIpc) is 3.10. The highest BCUT2D eigenvalue weighted by molar-refractivity contribution is 6.53. The summed E-state index contributed by atoms with van der Waals surface area (Å²) >= 11 is 12.0. The van der Waals surface area contributed by atoms with E-state index in [4.69, 9.17) is 27.9 Å². The summed E-state index contributed by atoms with van der Waals surface area (Å²) in [6, 6.07) is 6.96. The van der Waals surface area contributed by atoms with Crippen molar-refractivity contribution >= 4 is 46.4 Å². The molecule has 2 amide bonds. The molecular formula is C17H21Cl2N3O3. The van der Waals surface area contributed by atoms with Gasteiger partial charge in [0, 0.05) is 24.5 Å². The molecule has 0 aromatic heterocycles. The number of ether oxygens (including phenoxy) is 1. The second kappa shape index (κ2) is 7.11. The fourth-order valence-electron chi connectivity index (χ4n) is 2.72. The topological polar surface area (TPSA) is 70.7 Å². The van der Waals surface area contributed by atoms with Crippen molar-refractivity contribution in [3.05, 3.63) is 24.3 Å². The largest absolute Gasteiger partial charge is 0.379 e. The number of halogens is 2. The Hall–Kier alpha value is -1.34. The Bertz CT molecular complexity index is 660. The second-order valence-corrected chi connectivity index (χ2v) is 8.17. The molecule has 25 heavy (non-hydrogen) atoms. The molecule has 2 N–H and O–H groups in total. The summed E-state index contributed by atoms with van der Waals surface area (Å²) in [5, 5.41) is 5.65. The molecule has 136 valence electrons. The summed E-state index contributed by atoms with van der Waals surface area (Å²) in [6.07, 6.45) is 0.435. The van der Waals surface area contributed by atoms with E-state index >= 15 is 0 Å². The van der Waals surface area contributed by atoms with Crippen molar-refractivity contribution in [2.24, 2.45) is 5.41 Å². The summed E-state index contributed by atoms with van der Waals surface area (Å²) in [4.78, 5) is 26.3. The van der Waals surface area contributed by atoms with Crippen LogP contribution in [-0.2, 0) is 14.3 Å². The van der Waals surface area contributed by atoms with Crippen LogP contribution in [0.25, 0.3) is 0 Å². The van der Waals surface area contributed by atoms with Gasteiger partial charge in [-0.2, -0.15) is 0 Å². The van der Waals surface area contributed by atoms with Crippen LogP contribution in [0.2, 0.25) is 0 Å². The van der Waals surface area contributed by atoms with Gasteiger partial charge in [0.2, 0.25) is 11.8 Å². The van der Waals surface area contributed by atoms with Crippen LogP contribution in [0.4, 0.5) is 11.4 Å². The molecule has 8 heteroatoms. The van der Waals surface area contributed by atoms with E-state index in [1.807, 2.05) is 4.90 Å². The van der Waals surface area contributed by atoms with Crippen molar-refractivity contribution in [2.75, 3.05) is 43.5 Å². The number of morpholine rings is 1. The van der Waals surface area contributed by atoms with Gasteiger partial charge in [0.1, 0.15) is 4.33 Å². The summed E-state index contributed by atoms with van der Waals surface area (Å²) in [7, 11) is 0. The maximum absolute atomic E-state index is 12.2. The van der Waals surface area contributed by atoms with Gasteiger partial charge in [-0.3, -0.25) is 14.5 Å². The van der Waals surface area contributed by atoms with Crippen molar-refractivity contribution < 1.29 is 14.3 Å². The number of alkyl halides is 2. The molecule has 1 aromatic rings. The van der Waals surface area contributed by atoms with E-state index in [-0.39, 0.29) is 11.8 Å². The van der Waals surface area contributed by atoms with Gasteiger partial charge >= 0.3 is 0 Å². The SMILES string of the molecule is CC1(C(=O)Nc2ccc(NC(=O)CN3CCOCC3)cc2)CC1(Cl)Cl. The van der Waals surface area contributed by atoms with E-state index in [1.165, 1.54) is 0 Å². The Morgan fingerprint density at radius 1 is 1.12 bits per heavy atom. The van der Waals surface area contributed by atoms with Gasteiger partial charge in [-0.25, -0.2) is 0 Å². The third-order valence-corrected chi connectivity index (χ3v) is 5.76. The lowest BCUT2D eigenvalue weighted by molar-refractivity contribution is -0.120.